The van der Waals surface area contributed by atoms with Gasteiger partial charge in [0.2, 0.25) is 0 Å². The van der Waals surface area contributed by atoms with Crippen LogP contribution in [0.2, 0.25) is 0 Å². The van der Waals surface area contributed by atoms with Gasteiger partial charge in [0.15, 0.2) is 5.82 Å². The summed E-state index contributed by atoms with van der Waals surface area (Å²) < 4.78 is 0. The van der Waals surface area contributed by atoms with Crippen molar-refractivity contribution in [2.75, 3.05) is 5.32 Å². The Bertz CT molecular complexity index is 390. The molecule has 88 valence electrons. The summed E-state index contributed by atoms with van der Waals surface area (Å²) in [6.45, 7) is 0. The van der Waals surface area contributed by atoms with E-state index in [1.54, 1.807) is 6.20 Å². The highest BCUT2D eigenvalue weighted by Crippen LogP contribution is 2.18. The molecule has 0 amide bonds. The number of anilines is 1. The summed E-state index contributed by atoms with van der Waals surface area (Å²) in [6.07, 6.45) is 8.70. The zero-order valence-corrected chi connectivity index (χ0v) is 9.28. The van der Waals surface area contributed by atoms with Crippen molar-refractivity contribution in [1.82, 2.24) is 9.97 Å². The quantitative estimate of drug-likeness (QED) is 0.647. The largest absolute Gasteiger partial charge is 0.361 e. The molecule has 1 heterocycles. The van der Waals surface area contributed by atoms with Gasteiger partial charge in [-0.1, -0.05) is 19.3 Å². The SMILES string of the molecule is NC1CCCCCC1Nc1ncc[nH]c1=O. The first-order valence-corrected chi connectivity index (χ1v) is 5.83. The summed E-state index contributed by atoms with van der Waals surface area (Å²) in [7, 11) is 0. The summed E-state index contributed by atoms with van der Waals surface area (Å²) in [5.74, 6) is 0.379. The molecule has 0 aromatic carbocycles. The fraction of sp³-hybridized carbons (Fsp3) is 0.636. The Labute approximate surface area is 94.5 Å². The molecule has 2 atom stereocenters. The number of aromatic amines is 1. The number of hydrogen-bond acceptors (Lipinski definition) is 4. The van der Waals surface area contributed by atoms with Crippen molar-refractivity contribution in [3.63, 3.8) is 0 Å². The third-order valence-electron chi connectivity index (χ3n) is 3.10. The maximum atomic E-state index is 11.5. The van der Waals surface area contributed by atoms with Crippen LogP contribution < -0.4 is 16.6 Å². The number of aromatic nitrogens is 2. The molecule has 1 fully saturated rings. The summed E-state index contributed by atoms with van der Waals surface area (Å²) in [5, 5.41) is 3.16. The molecule has 0 aliphatic heterocycles. The molecule has 4 N–H and O–H groups in total. The summed E-state index contributed by atoms with van der Waals surface area (Å²) in [6, 6.07) is 0.280. The summed E-state index contributed by atoms with van der Waals surface area (Å²) in [5.41, 5.74) is 5.89. The maximum Gasteiger partial charge on any atom is 0.290 e. The van der Waals surface area contributed by atoms with Crippen molar-refractivity contribution < 1.29 is 0 Å². The van der Waals surface area contributed by atoms with E-state index >= 15 is 0 Å². The number of H-pyrrole nitrogens is 1. The fourth-order valence-electron chi connectivity index (χ4n) is 2.15. The third-order valence-corrected chi connectivity index (χ3v) is 3.10. The first kappa shape index (κ1) is 11.1. The molecule has 1 aromatic heterocycles. The predicted octanol–water partition coefficient (Wildman–Crippen LogP) is 0.842. The second-order valence-electron chi connectivity index (χ2n) is 4.32. The summed E-state index contributed by atoms with van der Waals surface area (Å²) >= 11 is 0. The van der Waals surface area contributed by atoms with E-state index in [0.29, 0.717) is 5.82 Å². The van der Waals surface area contributed by atoms with Crippen LogP contribution in [0.1, 0.15) is 32.1 Å². The van der Waals surface area contributed by atoms with Crippen molar-refractivity contribution in [3.05, 3.63) is 22.7 Å². The van der Waals surface area contributed by atoms with Crippen LogP contribution in [-0.2, 0) is 0 Å². The van der Waals surface area contributed by atoms with E-state index in [1.807, 2.05) is 0 Å². The molecule has 1 aromatic rings. The molecule has 0 saturated heterocycles. The number of rotatable bonds is 2. The Balaban J connectivity index is 2.08. The van der Waals surface area contributed by atoms with Gasteiger partial charge in [0, 0.05) is 24.5 Å². The molecule has 1 aliphatic carbocycles. The molecule has 1 aliphatic rings. The maximum absolute atomic E-state index is 11.5. The highest BCUT2D eigenvalue weighted by molar-refractivity contribution is 5.32. The molecule has 5 heteroatoms. The highest BCUT2D eigenvalue weighted by atomic mass is 16.1. The zero-order chi connectivity index (χ0) is 11.4. The normalized spacial score (nSPS) is 26.1. The molecule has 2 unspecified atom stereocenters. The van der Waals surface area contributed by atoms with Crippen molar-refractivity contribution >= 4 is 5.82 Å². The van der Waals surface area contributed by atoms with Crippen LogP contribution in [0.25, 0.3) is 0 Å². The van der Waals surface area contributed by atoms with E-state index < -0.39 is 0 Å². The van der Waals surface area contributed by atoms with Crippen LogP contribution in [0.3, 0.4) is 0 Å². The molecular weight excluding hydrogens is 204 g/mol. The molecule has 5 nitrogen and oxygen atoms in total. The van der Waals surface area contributed by atoms with Gasteiger partial charge in [-0.2, -0.15) is 0 Å². The van der Waals surface area contributed by atoms with Crippen LogP contribution in [0, 0.1) is 0 Å². The van der Waals surface area contributed by atoms with Gasteiger partial charge in [0.05, 0.1) is 0 Å². The standard InChI is InChI=1S/C11H18N4O/c12-8-4-2-1-3-5-9(8)15-10-11(16)14-7-6-13-10/h6-9H,1-5,12H2,(H,13,15)(H,14,16). The van der Waals surface area contributed by atoms with Crippen molar-refractivity contribution in [1.29, 1.82) is 0 Å². The fourth-order valence-corrected chi connectivity index (χ4v) is 2.15. The minimum Gasteiger partial charge on any atom is -0.361 e. The molecule has 2 rings (SSSR count). The number of hydrogen-bond donors (Lipinski definition) is 3. The lowest BCUT2D eigenvalue weighted by molar-refractivity contribution is 0.526. The zero-order valence-electron chi connectivity index (χ0n) is 9.28. The van der Waals surface area contributed by atoms with Gasteiger partial charge < -0.3 is 16.0 Å². The number of nitrogens with zero attached hydrogens (tertiary/aromatic N) is 1. The highest BCUT2D eigenvalue weighted by Gasteiger charge is 2.21. The first-order valence-electron chi connectivity index (χ1n) is 5.83. The van der Waals surface area contributed by atoms with Crippen LogP contribution in [0.4, 0.5) is 5.82 Å². The van der Waals surface area contributed by atoms with Crippen molar-refractivity contribution in [2.24, 2.45) is 5.73 Å². The lowest BCUT2D eigenvalue weighted by Crippen LogP contribution is -2.40. The van der Waals surface area contributed by atoms with E-state index in [1.165, 1.54) is 19.0 Å². The van der Waals surface area contributed by atoms with Gasteiger partial charge in [0.25, 0.3) is 5.56 Å². The molecule has 16 heavy (non-hydrogen) atoms. The topological polar surface area (TPSA) is 83.8 Å². The van der Waals surface area contributed by atoms with Gasteiger partial charge in [0.1, 0.15) is 0 Å². The Morgan fingerprint density at radius 2 is 2.19 bits per heavy atom. The second kappa shape index (κ2) is 5.12. The van der Waals surface area contributed by atoms with E-state index in [2.05, 4.69) is 15.3 Å². The van der Waals surface area contributed by atoms with Crippen LogP contribution in [0.15, 0.2) is 17.2 Å². The second-order valence-corrected chi connectivity index (χ2v) is 4.32. The van der Waals surface area contributed by atoms with E-state index in [9.17, 15) is 4.79 Å². The van der Waals surface area contributed by atoms with Gasteiger partial charge >= 0.3 is 0 Å². The van der Waals surface area contributed by atoms with Crippen LogP contribution in [0.5, 0.6) is 0 Å². The van der Waals surface area contributed by atoms with E-state index in [-0.39, 0.29) is 17.6 Å². The minimum atomic E-state index is -0.182. The van der Waals surface area contributed by atoms with Gasteiger partial charge in [-0.3, -0.25) is 4.79 Å². The Morgan fingerprint density at radius 1 is 1.38 bits per heavy atom. The average Bonchev–Trinajstić information content (AvgIpc) is 2.48. The first-order chi connectivity index (χ1) is 7.77. The van der Waals surface area contributed by atoms with Gasteiger partial charge in [-0.15, -0.1) is 0 Å². The smallest absolute Gasteiger partial charge is 0.290 e. The Hall–Kier alpha value is -1.36. The molecule has 0 bridgehead atoms. The lowest BCUT2D eigenvalue weighted by atomic mass is 10.0. The molecule has 1 saturated carbocycles. The van der Waals surface area contributed by atoms with Gasteiger partial charge in [-0.05, 0) is 12.8 Å². The number of nitrogens with two attached hydrogens (primary N) is 1. The van der Waals surface area contributed by atoms with Crippen LogP contribution in [-0.4, -0.2) is 22.1 Å². The molecule has 0 radical (unpaired) electrons. The Kier molecular flexibility index (Phi) is 3.56. The molecule has 0 spiro atoms. The van der Waals surface area contributed by atoms with E-state index in [0.717, 1.165) is 19.3 Å². The van der Waals surface area contributed by atoms with Crippen LogP contribution >= 0.6 is 0 Å². The van der Waals surface area contributed by atoms with Crippen molar-refractivity contribution in [3.8, 4) is 0 Å². The number of nitrogens with one attached hydrogen (secondary N) is 2. The summed E-state index contributed by atoms with van der Waals surface area (Å²) in [4.78, 5) is 18.1. The minimum absolute atomic E-state index is 0.115. The van der Waals surface area contributed by atoms with E-state index in [4.69, 9.17) is 5.73 Å². The molecular formula is C11H18N4O. The Morgan fingerprint density at radius 3 is 3.00 bits per heavy atom. The predicted molar refractivity (Wildman–Crippen MR) is 63.3 cm³/mol. The average molecular weight is 222 g/mol. The van der Waals surface area contributed by atoms with Gasteiger partial charge in [-0.25, -0.2) is 4.98 Å². The monoisotopic (exact) mass is 222 g/mol. The third kappa shape index (κ3) is 2.61. The van der Waals surface area contributed by atoms with Crippen molar-refractivity contribution in [2.45, 2.75) is 44.2 Å². The lowest BCUT2D eigenvalue weighted by Gasteiger charge is -2.22.